The molecule has 0 atom stereocenters. The fourth-order valence-corrected chi connectivity index (χ4v) is 4.25. The van der Waals surface area contributed by atoms with Gasteiger partial charge in [-0.2, -0.15) is 4.31 Å². The van der Waals surface area contributed by atoms with Gasteiger partial charge in [0.15, 0.2) is 0 Å². The van der Waals surface area contributed by atoms with Crippen LogP contribution in [0.5, 0.6) is 0 Å². The van der Waals surface area contributed by atoms with Crippen molar-refractivity contribution in [3.05, 3.63) is 24.5 Å². The van der Waals surface area contributed by atoms with E-state index in [1.807, 2.05) is 0 Å². The maximum absolute atomic E-state index is 12.7. The zero-order valence-corrected chi connectivity index (χ0v) is 12.0. The van der Waals surface area contributed by atoms with Crippen molar-refractivity contribution in [3.63, 3.8) is 0 Å². The van der Waals surface area contributed by atoms with Crippen LogP contribution in [-0.4, -0.2) is 46.9 Å². The van der Waals surface area contributed by atoms with E-state index in [9.17, 15) is 13.2 Å². The highest BCUT2D eigenvalue weighted by molar-refractivity contribution is 7.89. The van der Waals surface area contributed by atoms with Crippen molar-refractivity contribution in [3.8, 4) is 0 Å². The number of pyridine rings is 1. The molecular weight excluding hydrogens is 294 g/mol. The summed E-state index contributed by atoms with van der Waals surface area (Å²) in [7, 11) is -3.63. The minimum Gasteiger partial charge on any atom is -0.481 e. The lowest BCUT2D eigenvalue weighted by Gasteiger charge is -2.29. The molecule has 2 aromatic heterocycles. The molecule has 0 unspecified atom stereocenters. The van der Waals surface area contributed by atoms with Crippen LogP contribution in [0.15, 0.2) is 29.4 Å². The van der Waals surface area contributed by atoms with Crippen molar-refractivity contribution in [2.24, 2.45) is 5.92 Å². The van der Waals surface area contributed by atoms with Gasteiger partial charge in [-0.3, -0.25) is 4.79 Å². The predicted molar refractivity (Wildman–Crippen MR) is 75.2 cm³/mol. The summed E-state index contributed by atoms with van der Waals surface area (Å²) in [4.78, 5) is 18.1. The van der Waals surface area contributed by atoms with Gasteiger partial charge in [0.25, 0.3) is 0 Å². The number of aromatic nitrogens is 2. The number of piperidine rings is 1. The first kappa shape index (κ1) is 14.0. The summed E-state index contributed by atoms with van der Waals surface area (Å²) < 4.78 is 26.7. The highest BCUT2D eigenvalue weighted by Gasteiger charge is 2.33. The second kappa shape index (κ2) is 5.12. The molecule has 1 saturated heterocycles. The number of aliphatic carboxylic acids is 1. The number of nitrogens with one attached hydrogen (secondary N) is 1. The van der Waals surface area contributed by atoms with E-state index in [2.05, 4.69) is 9.97 Å². The normalized spacial score (nSPS) is 18.1. The van der Waals surface area contributed by atoms with E-state index in [0.717, 1.165) is 0 Å². The van der Waals surface area contributed by atoms with E-state index < -0.39 is 21.9 Å². The Hall–Kier alpha value is -1.93. The highest BCUT2D eigenvalue weighted by Crippen LogP contribution is 2.28. The molecule has 0 saturated carbocycles. The molecule has 2 N–H and O–H groups in total. The monoisotopic (exact) mass is 309 g/mol. The van der Waals surface area contributed by atoms with Gasteiger partial charge in [-0.1, -0.05) is 0 Å². The van der Waals surface area contributed by atoms with Gasteiger partial charge >= 0.3 is 5.97 Å². The van der Waals surface area contributed by atoms with E-state index in [1.165, 1.54) is 10.5 Å². The van der Waals surface area contributed by atoms with Crippen molar-refractivity contribution in [2.45, 2.75) is 17.7 Å². The molecule has 8 heteroatoms. The smallest absolute Gasteiger partial charge is 0.306 e. The van der Waals surface area contributed by atoms with Crippen LogP contribution >= 0.6 is 0 Å². The van der Waals surface area contributed by atoms with Crippen LogP contribution in [0, 0.1) is 5.92 Å². The molecule has 0 spiro atoms. The van der Waals surface area contributed by atoms with Crippen LogP contribution in [0.4, 0.5) is 0 Å². The average molecular weight is 309 g/mol. The summed E-state index contributed by atoms with van der Waals surface area (Å²) in [5.41, 5.74) is 0.525. The first-order chi connectivity index (χ1) is 10.00. The Labute approximate surface area is 121 Å². The standard InChI is InChI=1S/C13H15N3O4S/c17-13(18)9-3-6-16(7-4-9)21(19,20)11-8-15-12-10(11)2-1-5-14-12/h1-2,5,8-9H,3-4,6-7H2,(H,14,15)(H,17,18). The van der Waals surface area contributed by atoms with Crippen LogP contribution in [0.3, 0.4) is 0 Å². The number of carboxylic acid groups (broad SMARTS) is 1. The number of rotatable bonds is 3. The third-order valence-electron chi connectivity index (χ3n) is 3.83. The van der Waals surface area contributed by atoms with Crippen molar-refractivity contribution in [1.29, 1.82) is 0 Å². The number of carboxylic acids is 1. The number of fused-ring (bicyclic) bond motifs is 1. The van der Waals surface area contributed by atoms with Gasteiger partial charge in [-0.05, 0) is 25.0 Å². The predicted octanol–water partition coefficient (Wildman–Crippen LogP) is 1.05. The molecule has 0 bridgehead atoms. The van der Waals surface area contributed by atoms with Gasteiger partial charge in [0.05, 0.1) is 5.92 Å². The summed E-state index contributed by atoms with van der Waals surface area (Å²) in [6, 6.07) is 3.39. The maximum atomic E-state index is 12.7. The number of carbonyl (C=O) groups is 1. The fraction of sp³-hybridized carbons (Fsp3) is 0.385. The quantitative estimate of drug-likeness (QED) is 0.882. The lowest BCUT2D eigenvalue weighted by Crippen LogP contribution is -2.40. The van der Waals surface area contributed by atoms with Gasteiger partial charge in [0, 0.05) is 30.9 Å². The number of nitrogens with zero attached hydrogens (tertiary/aromatic N) is 2. The first-order valence-corrected chi connectivity index (χ1v) is 8.09. The van der Waals surface area contributed by atoms with Gasteiger partial charge < -0.3 is 10.1 Å². The second-order valence-corrected chi connectivity index (χ2v) is 6.98. The number of hydrogen-bond donors (Lipinski definition) is 2. The van der Waals surface area contributed by atoms with Crippen LogP contribution in [0.1, 0.15) is 12.8 Å². The lowest BCUT2D eigenvalue weighted by atomic mass is 9.99. The molecule has 112 valence electrons. The fourth-order valence-electron chi connectivity index (χ4n) is 2.63. The van der Waals surface area contributed by atoms with E-state index >= 15 is 0 Å². The molecule has 3 rings (SSSR count). The number of H-pyrrole nitrogens is 1. The molecule has 1 aliphatic heterocycles. The SMILES string of the molecule is O=C(O)C1CCN(S(=O)(=O)c2c[nH]c3ncccc23)CC1. The highest BCUT2D eigenvalue weighted by atomic mass is 32.2. The van der Waals surface area contributed by atoms with Gasteiger partial charge in [-0.15, -0.1) is 0 Å². The Morgan fingerprint density at radius 2 is 2.10 bits per heavy atom. The van der Waals surface area contributed by atoms with Crippen LogP contribution in [0.25, 0.3) is 11.0 Å². The van der Waals surface area contributed by atoms with E-state index in [4.69, 9.17) is 5.11 Å². The largest absolute Gasteiger partial charge is 0.481 e. The summed E-state index contributed by atoms with van der Waals surface area (Å²) >= 11 is 0. The third kappa shape index (κ3) is 2.40. The van der Waals surface area contributed by atoms with E-state index in [0.29, 0.717) is 23.9 Å². The van der Waals surface area contributed by atoms with Crippen molar-refractivity contribution in [2.75, 3.05) is 13.1 Å². The van der Waals surface area contributed by atoms with Crippen LogP contribution in [-0.2, 0) is 14.8 Å². The summed E-state index contributed by atoms with van der Waals surface area (Å²) in [5, 5.41) is 9.52. The third-order valence-corrected chi connectivity index (χ3v) is 5.77. The summed E-state index contributed by atoms with van der Waals surface area (Å²) in [6.45, 7) is 0.457. The number of sulfonamides is 1. The molecule has 0 amide bonds. The number of hydrogen-bond acceptors (Lipinski definition) is 4. The Balaban J connectivity index is 1.90. The Bertz CT molecular complexity index is 776. The minimum atomic E-state index is -3.63. The minimum absolute atomic E-state index is 0.194. The Morgan fingerprint density at radius 1 is 1.38 bits per heavy atom. The molecule has 0 aromatic carbocycles. The first-order valence-electron chi connectivity index (χ1n) is 6.65. The van der Waals surface area contributed by atoms with E-state index in [-0.39, 0.29) is 18.0 Å². The zero-order valence-electron chi connectivity index (χ0n) is 11.2. The Morgan fingerprint density at radius 3 is 2.76 bits per heavy atom. The van der Waals surface area contributed by atoms with Crippen LogP contribution < -0.4 is 0 Å². The second-order valence-electron chi connectivity index (χ2n) is 5.07. The van der Waals surface area contributed by atoms with Crippen molar-refractivity contribution >= 4 is 27.0 Å². The zero-order chi connectivity index (χ0) is 15.0. The van der Waals surface area contributed by atoms with Gasteiger partial charge in [0.1, 0.15) is 10.5 Å². The van der Waals surface area contributed by atoms with Crippen LogP contribution in [0.2, 0.25) is 0 Å². The molecule has 0 radical (unpaired) electrons. The molecule has 0 aliphatic carbocycles. The summed E-state index contributed by atoms with van der Waals surface area (Å²) in [5.74, 6) is -1.32. The molecule has 3 heterocycles. The molecule has 21 heavy (non-hydrogen) atoms. The van der Waals surface area contributed by atoms with Gasteiger partial charge in [0.2, 0.25) is 10.0 Å². The lowest BCUT2D eigenvalue weighted by molar-refractivity contribution is -0.142. The van der Waals surface area contributed by atoms with Crippen molar-refractivity contribution in [1.82, 2.24) is 14.3 Å². The van der Waals surface area contributed by atoms with Gasteiger partial charge in [-0.25, -0.2) is 13.4 Å². The summed E-state index contributed by atoms with van der Waals surface area (Å²) in [6.07, 6.45) is 3.72. The number of aromatic amines is 1. The molecule has 1 fully saturated rings. The molecule has 1 aliphatic rings. The topological polar surface area (TPSA) is 103 Å². The van der Waals surface area contributed by atoms with E-state index in [1.54, 1.807) is 18.3 Å². The Kier molecular flexibility index (Phi) is 3.42. The molecule has 2 aromatic rings. The average Bonchev–Trinajstić information content (AvgIpc) is 2.92. The maximum Gasteiger partial charge on any atom is 0.306 e. The molecule has 7 nitrogen and oxygen atoms in total. The molecular formula is C13H15N3O4S. The van der Waals surface area contributed by atoms with Crippen molar-refractivity contribution < 1.29 is 18.3 Å².